The minimum atomic E-state index is 0.00245. The highest BCUT2D eigenvalue weighted by molar-refractivity contribution is 5.35. The molecule has 1 aromatic heterocycles. The van der Waals surface area contributed by atoms with Crippen molar-refractivity contribution in [3.05, 3.63) is 11.3 Å². The lowest BCUT2D eigenvalue weighted by Crippen LogP contribution is -2.21. The van der Waals surface area contributed by atoms with Crippen molar-refractivity contribution < 1.29 is 5.11 Å². The summed E-state index contributed by atoms with van der Waals surface area (Å²) in [7, 11) is 0. The Hall–Kier alpha value is -0.990. The zero-order chi connectivity index (χ0) is 13.4. The predicted octanol–water partition coefficient (Wildman–Crippen LogP) is 3.67. The van der Waals surface area contributed by atoms with E-state index in [1.807, 2.05) is 4.68 Å². The molecule has 17 heavy (non-hydrogen) atoms. The van der Waals surface area contributed by atoms with Crippen LogP contribution in [0.3, 0.4) is 0 Å². The van der Waals surface area contributed by atoms with E-state index < -0.39 is 0 Å². The molecule has 1 N–H and O–H groups in total. The van der Waals surface area contributed by atoms with Crippen molar-refractivity contribution in [2.45, 2.75) is 66.3 Å². The Balaban J connectivity index is 3.37. The van der Waals surface area contributed by atoms with Gasteiger partial charge in [0.2, 0.25) is 5.88 Å². The van der Waals surface area contributed by atoms with Gasteiger partial charge in [0, 0.05) is 17.0 Å². The Bertz CT molecular complexity index is 384. The van der Waals surface area contributed by atoms with Crippen LogP contribution in [0.4, 0.5) is 0 Å². The molecule has 0 aromatic carbocycles. The molecular formula is C14H26N2O. The SMILES string of the molecule is CC(C)Cc1c(O)nn(C(C)C)c1C(C)(C)C. The van der Waals surface area contributed by atoms with Crippen LogP contribution in [0.25, 0.3) is 0 Å². The average molecular weight is 238 g/mol. The quantitative estimate of drug-likeness (QED) is 0.872. The molecule has 0 bridgehead atoms. The molecule has 98 valence electrons. The highest BCUT2D eigenvalue weighted by Gasteiger charge is 2.28. The minimum Gasteiger partial charge on any atom is -0.492 e. The molecular weight excluding hydrogens is 212 g/mol. The number of aromatic hydroxyl groups is 1. The molecule has 1 aromatic rings. The highest BCUT2D eigenvalue weighted by Crippen LogP contribution is 2.34. The molecule has 0 amide bonds. The van der Waals surface area contributed by atoms with Gasteiger partial charge < -0.3 is 5.11 Å². The van der Waals surface area contributed by atoms with Crippen LogP contribution < -0.4 is 0 Å². The first kappa shape index (κ1) is 14.1. The van der Waals surface area contributed by atoms with Gasteiger partial charge in [-0.25, -0.2) is 0 Å². The van der Waals surface area contributed by atoms with Gasteiger partial charge in [-0.2, -0.15) is 0 Å². The van der Waals surface area contributed by atoms with Crippen LogP contribution >= 0.6 is 0 Å². The van der Waals surface area contributed by atoms with E-state index in [9.17, 15) is 5.11 Å². The Morgan fingerprint density at radius 1 is 1.18 bits per heavy atom. The molecule has 0 radical (unpaired) electrons. The van der Waals surface area contributed by atoms with Crippen LogP contribution in [0.1, 0.15) is 65.8 Å². The van der Waals surface area contributed by atoms with Gasteiger partial charge in [-0.1, -0.05) is 34.6 Å². The second-order valence-corrected chi connectivity index (χ2v) is 6.54. The monoisotopic (exact) mass is 238 g/mol. The first-order valence-electron chi connectivity index (χ1n) is 6.45. The van der Waals surface area contributed by atoms with Crippen molar-refractivity contribution in [2.75, 3.05) is 0 Å². The summed E-state index contributed by atoms with van der Waals surface area (Å²) in [6, 6.07) is 0.274. The molecule has 0 fully saturated rings. The van der Waals surface area contributed by atoms with Gasteiger partial charge in [0.1, 0.15) is 0 Å². The molecule has 1 heterocycles. The van der Waals surface area contributed by atoms with Crippen LogP contribution in [0.5, 0.6) is 5.88 Å². The van der Waals surface area contributed by atoms with E-state index in [1.54, 1.807) is 0 Å². The lowest BCUT2D eigenvalue weighted by atomic mass is 9.86. The van der Waals surface area contributed by atoms with Crippen LogP contribution in [-0.4, -0.2) is 14.9 Å². The van der Waals surface area contributed by atoms with E-state index in [2.05, 4.69) is 53.6 Å². The molecule has 0 aliphatic heterocycles. The molecule has 0 saturated heterocycles. The fourth-order valence-corrected chi connectivity index (χ4v) is 2.22. The molecule has 0 saturated carbocycles. The summed E-state index contributed by atoms with van der Waals surface area (Å²) in [4.78, 5) is 0. The Morgan fingerprint density at radius 3 is 2.06 bits per heavy atom. The Labute approximate surface area is 105 Å². The fraction of sp³-hybridized carbons (Fsp3) is 0.786. The minimum absolute atomic E-state index is 0.00245. The fourth-order valence-electron chi connectivity index (χ4n) is 2.22. The molecule has 3 heteroatoms. The summed E-state index contributed by atoms with van der Waals surface area (Å²) in [6.45, 7) is 15.0. The summed E-state index contributed by atoms with van der Waals surface area (Å²) in [6.07, 6.45) is 0.880. The highest BCUT2D eigenvalue weighted by atomic mass is 16.3. The number of hydrogen-bond acceptors (Lipinski definition) is 2. The lowest BCUT2D eigenvalue weighted by molar-refractivity contribution is 0.410. The second-order valence-electron chi connectivity index (χ2n) is 6.54. The van der Waals surface area contributed by atoms with Crippen LogP contribution in [0.15, 0.2) is 0 Å². The summed E-state index contributed by atoms with van der Waals surface area (Å²) in [5.74, 6) is 0.726. The van der Waals surface area contributed by atoms with Gasteiger partial charge in [0.15, 0.2) is 0 Å². The van der Waals surface area contributed by atoms with Crippen molar-refractivity contribution in [3.63, 3.8) is 0 Å². The zero-order valence-corrected chi connectivity index (χ0v) is 12.2. The van der Waals surface area contributed by atoms with Gasteiger partial charge in [-0.3, -0.25) is 4.68 Å². The Morgan fingerprint density at radius 2 is 1.71 bits per heavy atom. The maximum Gasteiger partial charge on any atom is 0.233 e. The lowest BCUT2D eigenvalue weighted by Gasteiger charge is -2.24. The van der Waals surface area contributed by atoms with Crippen molar-refractivity contribution in [1.29, 1.82) is 0 Å². The first-order valence-corrected chi connectivity index (χ1v) is 6.45. The summed E-state index contributed by atoms with van der Waals surface area (Å²) < 4.78 is 1.97. The van der Waals surface area contributed by atoms with Crippen LogP contribution in [-0.2, 0) is 11.8 Å². The van der Waals surface area contributed by atoms with E-state index in [4.69, 9.17) is 0 Å². The third-order valence-corrected chi connectivity index (χ3v) is 2.80. The Kier molecular flexibility index (Phi) is 3.90. The van der Waals surface area contributed by atoms with Gasteiger partial charge in [0.25, 0.3) is 0 Å². The van der Waals surface area contributed by atoms with E-state index >= 15 is 0 Å². The number of hydrogen-bond donors (Lipinski definition) is 1. The normalized spacial score (nSPS) is 12.8. The topological polar surface area (TPSA) is 38.1 Å². The third kappa shape index (κ3) is 3.02. The van der Waals surface area contributed by atoms with Crippen molar-refractivity contribution in [2.24, 2.45) is 5.92 Å². The third-order valence-electron chi connectivity index (χ3n) is 2.80. The maximum atomic E-state index is 10.0. The van der Waals surface area contributed by atoms with E-state index in [-0.39, 0.29) is 17.3 Å². The molecule has 0 spiro atoms. The molecule has 0 aliphatic rings. The largest absolute Gasteiger partial charge is 0.492 e. The summed E-state index contributed by atoms with van der Waals surface area (Å²) in [5, 5.41) is 14.3. The molecule has 0 unspecified atom stereocenters. The van der Waals surface area contributed by atoms with Gasteiger partial charge in [0.05, 0.1) is 5.69 Å². The smallest absolute Gasteiger partial charge is 0.233 e. The van der Waals surface area contributed by atoms with E-state index in [1.165, 1.54) is 5.69 Å². The van der Waals surface area contributed by atoms with Crippen molar-refractivity contribution in [3.8, 4) is 5.88 Å². The summed E-state index contributed by atoms with van der Waals surface area (Å²) in [5.41, 5.74) is 2.18. The van der Waals surface area contributed by atoms with E-state index in [0.717, 1.165) is 12.0 Å². The summed E-state index contributed by atoms with van der Waals surface area (Å²) >= 11 is 0. The standard InChI is InChI=1S/C14H26N2O/c1-9(2)8-11-12(14(5,6)7)16(10(3)4)15-13(11)17/h9-10H,8H2,1-7H3,(H,15,17). The number of nitrogens with zero attached hydrogens (tertiary/aromatic N) is 2. The van der Waals surface area contributed by atoms with Gasteiger partial charge in [-0.05, 0) is 26.2 Å². The number of rotatable bonds is 3. The number of aromatic nitrogens is 2. The van der Waals surface area contributed by atoms with E-state index in [0.29, 0.717) is 5.92 Å². The van der Waals surface area contributed by atoms with Gasteiger partial charge in [-0.15, -0.1) is 5.10 Å². The van der Waals surface area contributed by atoms with Crippen molar-refractivity contribution in [1.82, 2.24) is 9.78 Å². The predicted molar refractivity (Wildman–Crippen MR) is 71.5 cm³/mol. The second kappa shape index (κ2) is 4.71. The molecule has 1 rings (SSSR count). The van der Waals surface area contributed by atoms with Gasteiger partial charge >= 0.3 is 0 Å². The zero-order valence-electron chi connectivity index (χ0n) is 12.2. The maximum absolute atomic E-state index is 10.0. The first-order chi connectivity index (χ1) is 7.64. The molecule has 0 aliphatic carbocycles. The molecule has 0 atom stereocenters. The van der Waals surface area contributed by atoms with Crippen LogP contribution in [0, 0.1) is 5.92 Å². The van der Waals surface area contributed by atoms with Crippen molar-refractivity contribution >= 4 is 0 Å². The average Bonchev–Trinajstić information content (AvgIpc) is 2.42. The van der Waals surface area contributed by atoms with Crippen LogP contribution in [0.2, 0.25) is 0 Å². The molecule has 3 nitrogen and oxygen atoms in total.